The Balaban J connectivity index is 2.56. The fourth-order valence-corrected chi connectivity index (χ4v) is 1.44. The molecule has 0 heterocycles. The molecule has 4 heteroatoms. The summed E-state index contributed by atoms with van der Waals surface area (Å²) >= 11 is 0. The molecule has 1 fully saturated rings. The van der Waals surface area contributed by atoms with Crippen molar-refractivity contribution in [1.29, 1.82) is 0 Å². The number of rotatable bonds is 3. The Morgan fingerprint density at radius 1 is 1.54 bits per heavy atom. The van der Waals surface area contributed by atoms with Crippen molar-refractivity contribution in [2.24, 2.45) is 5.92 Å². The number of esters is 1. The lowest BCUT2D eigenvalue weighted by Crippen LogP contribution is -2.28. The van der Waals surface area contributed by atoms with E-state index >= 15 is 0 Å². The molecule has 0 unspecified atom stereocenters. The second kappa shape index (κ2) is 4.16. The van der Waals surface area contributed by atoms with Gasteiger partial charge < -0.3 is 4.74 Å². The molecule has 4 nitrogen and oxygen atoms in total. The smallest absolute Gasteiger partial charge is 0.375 e. The zero-order chi connectivity index (χ0) is 9.84. The summed E-state index contributed by atoms with van der Waals surface area (Å²) < 4.78 is 4.52. The summed E-state index contributed by atoms with van der Waals surface area (Å²) in [6, 6.07) is 0. The molecule has 0 aromatic carbocycles. The van der Waals surface area contributed by atoms with Crippen LogP contribution in [0.3, 0.4) is 0 Å². The van der Waals surface area contributed by atoms with Crippen LogP contribution in [0.1, 0.15) is 26.2 Å². The molecule has 1 saturated carbocycles. The number of ether oxygens (including phenoxy) is 1. The summed E-state index contributed by atoms with van der Waals surface area (Å²) in [7, 11) is 0. The van der Waals surface area contributed by atoms with Gasteiger partial charge in [-0.2, -0.15) is 0 Å². The van der Waals surface area contributed by atoms with Crippen LogP contribution in [0.25, 0.3) is 0 Å². The normalized spacial score (nSPS) is 21.6. The van der Waals surface area contributed by atoms with Gasteiger partial charge in [-0.05, 0) is 19.8 Å². The molecule has 0 bridgehead atoms. The van der Waals surface area contributed by atoms with Gasteiger partial charge in [0.15, 0.2) is 0 Å². The topological polar surface area (TPSA) is 60.4 Å². The van der Waals surface area contributed by atoms with E-state index < -0.39 is 17.7 Å². The molecule has 1 aliphatic rings. The van der Waals surface area contributed by atoms with Gasteiger partial charge in [0.05, 0.1) is 12.5 Å². The quantitative estimate of drug-likeness (QED) is 0.364. The monoisotopic (exact) mass is 184 g/mol. The largest absolute Gasteiger partial charge is 0.460 e. The predicted molar refractivity (Wildman–Crippen MR) is 44.0 cm³/mol. The van der Waals surface area contributed by atoms with Crippen molar-refractivity contribution >= 4 is 17.5 Å². The van der Waals surface area contributed by atoms with Crippen LogP contribution in [-0.2, 0) is 19.1 Å². The number of hydrogen-bond donors (Lipinski definition) is 0. The Morgan fingerprint density at radius 2 is 2.23 bits per heavy atom. The van der Waals surface area contributed by atoms with E-state index in [1.54, 1.807) is 6.92 Å². The highest BCUT2D eigenvalue weighted by Crippen LogP contribution is 2.22. The molecule has 0 radical (unpaired) electrons. The van der Waals surface area contributed by atoms with E-state index in [0.29, 0.717) is 19.3 Å². The molecule has 0 saturated heterocycles. The lowest BCUT2D eigenvalue weighted by Gasteiger charge is -2.04. The highest BCUT2D eigenvalue weighted by Gasteiger charge is 2.35. The van der Waals surface area contributed by atoms with E-state index in [0.717, 1.165) is 0 Å². The second-order valence-electron chi connectivity index (χ2n) is 3.00. The fraction of sp³-hybridized carbons (Fsp3) is 0.667. The standard InChI is InChI=1S/C9H12O4/c1-2-13-9(12)8(11)6-4-3-5-7(6)10/h6H,2-5H2,1H3/t6-/m0/s1. The van der Waals surface area contributed by atoms with Crippen molar-refractivity contribution in [1.82, 2.24) is 0 Å². The van der Waals surface area contributed by atoms with Crippen LogP contribution >= 0.6 is 0 Å². The zero-order valence-electron chi connectivity index (χ0n) is 7.54. The lowest BCUT2D eigenvalue weighted by atomic mass is 10.0. The average Bonchev–Trinajstić information content (AvgIpc) is 2.50. The van der Waals surface area contributed by atoms with Crippen LogP contribution in [0.15, 0.2) is 0 Å². The first-order chi connectivity index (χ1) is 6.16. The van der Waals surface area contributed by atoms with E-state index in [4.69, 9.17) is 0 Å². The molecule has 72 valence electrons. The minimum Gasteiger partial charge on any atom is -0.460 e. The highest BCUT2D eigenvalue weighted by atomic mass is 16.5. The molecule has 0 aromatic heterocycles. The van der Waals surface area contributed by atoms with Crippen molar-refractivity contribution in [2.75, 3.05) is 6.61 Å². The Bertz CT molecular complexity index is 244. The molecule has 1 rings (SSSR count). The lowest BCUT2D eigenvalue weighted by molar-refractivity contribution is -0.156. The van der Waals surface area contributed by atoms with Crippen LogP contribution < -0.4 is 0 Å². The maximum absolute atomic E-state index is 11.3. The van der Waals surface area contributed by atoms with Crippen LogP contribution in [0.5, 0.6) is 0 Å². The van der Waals surface area contributed by atoms with E-state index in [-0.39, 0.29) is 12.4 Å². The molecule has 0 aliphatic heterocycles. The Kier molecular flexibility index (Phi) is 3.17. The van der Waals surface area contributed by atoms with Gasteiger partial charge in [0.25, 0.3) is 0 Å². The maximum atomic E-state index is 11.3. The average molecular weight is 184 g/mol. The van der Waals surface area contributed by atoms with Crippen LogP contribution in [0.2, 0.25) is 0 Å². The van der Waals surface area contributed by atoms with Gasteiger partial charge in [0.2, 0.25) is 5.78 Å². The van der Waals surface area contributed by atoms with Crippen LogP contribution in [0.4, 0.5) is 0 Å². The number of hydrogen-bond acceptors (Lipinski definition) is 4. The van der Waals surface area contributed by atoms with Gasteiger partial charge in [-0.1, -0.05) is 0 Å². The summed E-state index contributed by atoms with van der Waals surface area (Å²) in [6.07, 6.45) is 1.61. The molecular weight excluding hydrogens is 172 g/mol. The third kappa shape index (κ3) is 2.14. The van der Waals surface area contributed by atoms with E-state index in [2.05, 4.69) is 4.74 Å². The maximum Gasteiger partial charge on any atom is 0.375 e. The molecule has 0 spiro atoms. The predicted octanol–water partition coefficient (Wildman–Crippen LogP) is 0.488. The summed E-state index contributed by atoms with van der Waals surface area (Å²) in [5.74, 6) is -2.40. The van der Waals surface area contributed by atoms with Crippen LogP contribution in [0, 0.1) is 5.92 Å². The van der Waals surface area contributed by atoms with Crippen molar-refractivity contribution in [3.05, 3.63) is 0 Å². The molecule has 0 aromatic rings. The first kappa shape index (κ1) is 9.89. The van der Waals surface area contributed by atoms with Crippen molar-refractivity contribution in [2.45, 2.75) is 26.2 Å². The van der Waals surface area contributed by atoms with Gasteiger partial charge in [-0.25, -0.2) is 4.79 Å². The van der Waals surface area contributed by atoms with E-state index in [9.17, 15) is 14.4 Å². The number of carbonyl (C=O) groups excluding carboxylic acids is 3. The fourth-order valence-electron chi connectivity index (χ4n) is 1.44. The number of ketones is 2. The number of Topliss-reactive ketones (excluding diaryl/α,β-unsaturated/α-hetero) is 2. The zero-order valence-corrected chi connectivity index (χ0v) is 7.54. The van der Waals surface area contributed by atoms with E-state index in [1.807, 2.05) is 0 Å². The van der Waals surface area contributed by atoms with E-state index in [1.165, 1.54) is 0 Å². The highest BCUT2D eigenvalue weighted by molar-refractivity contribution is 6.38. The second-order valence-corrected chi connectivity index (χ2v) is 3.00. The molecular formula is C9H12O4. The van der Waals surface area contributed by atoms with Gasteiger partial charge in [-0.15, -0.1) is 0 Å². The first-order valence-corrected chi connectivity index (χ1v) is 4.40. The Morgan fingerprint density at radius 3 is 2.69 bits per heavy atom. The summed E-state index contributed by atoms with van der Waals surface area (Å²) in [5.41, 5.74) is 0. The summed E-state index contributed by atoms with van der Waals surface area (Å²) in [5, 5.41) is 0. The van der Waals surface area contributed by atoms with Gasteiger partial charge in [-0.3, -0.25) is 9.59 Å². The minimum atomic E-state index is -0.872. The van der Waals surface area contributed by atoms with Crippen molar-refractivity contribution < 1.29 is 19.1 Å². The minimum absolute atomic E-state index is 0.127. The van der Waals surface area contributed by atoms with Gasteiger partial charge in [0, 0.05) is 6.42 Å². The first-order valence-electron chi connectivity index (χ1n) is 4.40. The summed E-state index contributed by atoms with van der Waals surface area (Å²) in [4.78, 5) is 33.3. The van der Waals surface area contributed by atoms with Gasteiger partial charge >= 0.3 is 5.97 Å². The SMILES string of the molecule is CCOC(=O)C(=O)[C@H]1CCCC1=O. The molecule has 1 atom stereocenters. The third-order valence-electron chi connectivity index (χ3n) is 2.10. The summed E-state index contributed by atoms with van der Waals surface area (Å²) in [6.45, 7) is 1.80. The van der Waals surface area contributed by atoms with Crippen molar-refractivity contribution in [3.8, 4) is 0 Å². The Hall–Kier alpha value is -1.19. The molecule has 13 heavy (non-hydrogen) atoms. The Labute approximate surface area is 76.3 Å². The molecule has 0 N–H and O–H groups in total. The molecule has 1 aliphatic carbocycles. The third-order valence-corrected chi connectivity index (χ3v) is 2.10. The van der Waals surface area contributed by atoms with Crippen molar-refractivity contribution in [3.63, 3.8) is 0 Å². The van der Waals surface area contributed by atoms with Gasteiger partial charge in [0.1, 0.15) is 5.78 Å². The number of carbonyl (C=O) groups is 3. The molecule has 0 amide bonds. The van der Waals surface area contributed by atoms with Crippen LogP contribution in [-0.4, -0.2) is 24.1 Å².